The van der Waals surface area contributed by atoms with Crippen molar-refractivity contribution in [3.63, 3.8) is 0 Å². The molecule has 3 atom stereocenters. The number of aryl methyl sites for hydroxylation is 1. The van der Waals surface area contributed by atoms with Crippen LogP contribution < -0.4 is 5.32 Å². The Kier molecular flexibility index (Phi) is 4.18. The summed E-state index contributed by atoms with van der Waals surface area (Å²) in [4.78, 5) is 15.5. The molecule has 1 aromatic heterocycles. The molecule has 0 amide bonds. The van der Waals surface area contributed by atoms with E-state index in [1.165, 1.54) is 0 Å². The van der Waals surface area contributed by atoms with Gasteiger partial charge in [-0.15, -0.1) is 0 Å². The van der Waals surface area contributed by atoms with Crippen molar-refractivity contribution in [3.8, 4) is 0 Å². The van der Waals surface area contributed by atoms with Crippen LogP contribution in [-0.4, -0.2) is 26.7 Å². The first-order chi connectivity index (χ1) is 9.34. The van der Waals surface area contributed by atoms with Crippen LogP contribution in [0.4, 0.5) is 0 Å². The Morgan fingerprint density at radius 2 is 2.25 bits per heavy atom. The quantitative estimate of drug-likeness (QED) is 0.885. The summed E-state index contributed by atoms with van der Waals surface area (Å²) < 4.78 is 2.01. The number of carboxylic acid groups (broad SMARTS) is 1. The van der Waals surface area contributed by atoms with Gasteiger partial charge in [0.15, 0.2) is 0 Å². The van der Waals surface area contributed by atoms with Crippen molar-refractivity contribution in [2.45, 2.75) is 46.2 Å². The first kappa shape index (κ1) is 15.0. The topological polar surface area (TPSA) is 67.2 Å². The van der Waals surface area contributed by atoms with Gasteiger partial charge in [0.05, 0.1) is 17.9 Å². The molecule has 0 aliphatic heterocycles. The van der Waals surface area contributed by atoms with Gasteiger partial charge in [0, 0.05) is 25.8 Å². The van der Waals surface area contributed by atoms with Crippen LogP contribution >= 0.6 is 0 Å². The van der Waals surface area contributed by atoms with E-state index in [0.717, 1.165) is 25.1 Å². The maximum absolute atomic E-state index is 11.4. The highest BCUT2D eigenvalue weighted by Gasteiger charge is 2.45. The average molecular weight is 279 g/mol. The van der Waals surface area contributed by atoms with Gasteiger partial charge in [-0.2, -0.15) is 0 Å². The number of carbonyl (C=O) groups is 1. The number of aromatic nitrogens is 2. The van der Waals surface area contributed by atoms with Gasteiger partial charge in [-0.1, -0.05) is 20.8 Å². The van der Waals surface area contributed by atoms with Crippen molar-refractivity contribution in [3.05, 3.63) is 18.2 Å². The zero-order chi connectivity index (χ0) is 14.9. The molecule has 1 aromatic rings. The van der Waals surface area contributed by atoms with Crippen molar-refractivity contribution in [2.75, 3.05) is 0 Å². The number of rotatable bonds is 4. The molecule has 0 bridgehead atoms. The predicted octanol–water partition coefficient (Wildman–Crippen LogP) is 2.04. The lowest BCUT2D eigenvalue weighted by atomic mass is 9.61. The minimum Gasteiger partial charge on any atom is -0.481 e. The second-order valence-electron chi connectivity index (χ2n) is 6.56. The Labute approximate surface area is 120 Å². The van der Waals surface area contributed by atoms with Crippen LogP contribution in [0.1, 0.15) is 39.3 Å². The van der Waals surface area contributed by atoms with Gasteiger partial charge in [-0.25, -0.2) is 4.98 Å². The van der Waals surface area contributed by atoms with E-state index < -0.39 is 5.97 Å². The number of imidazole rings is 1. The molecule has 1 heterocycles. The highest BCUT2D eigenvalue weighted by atomic mass is 16.4. The molecular weight excluding hydrogens is 254 g/mol. The van der Waals surface area contributed by atoms with Gasteiger partial charge in [0.25, 0.3) is 0 Å². The maximum atomic E-state index is 11.4. The number of hydrogen-bond acceptors (Lipinski definition) is 3. The molecule has 0 spiro atoms. The van der Waals surface area contributed by atoms with Gasteiger partial charge < -0.3 is 15.0 Å². The van der Waals surface area contributed by atoms with E-state index in [0.29, 0.717) is 12.0 Å². The Morgan fingerprint density at radius 3 is 2.80 bits per heavy atom. The molecule has 112 valence electrons. The summed E-state index contributed by atoms with van der Waals surface area (Å²) in [6, 6.07) is 0.357. The summed E-state index contributed by atoms with van der Waals surface area (Å²) in [6.07, 6.45) is 5.33. The largest absolute Gasteiger partial charge is 0.481 e. The van der Waals surface area contributed by atoms with Crippen molar-refractivity contribution in [1.82, 2.24) is 14.9 Å². The molecule has 2 N–H and O–H groups in total. The molecule has 20 heavy (non-hydrogen) atoms. The van der Waals surface area contributed by atoms with Crippen LogP contribution in [-0.2, 0) is 18.4 Å². The van der Waals surface area contributed by atoms with Crippen molar-refractivity contribution in [1.29, 1.82) is 0 Å². The summed E-state index contributed by atoms with van der Waals surface area (Å²) in [5.74, 6) is -0.579. The van der Waals surface area contributed by atoms with Crippen LogP contribution in [0.2, 0.25) is 0 Å². The Morgan fingerprint density at radius 1 is 1.55 bits per heavy atom. The van der Waals surface area contributed by atoms with Gasteiger partial charge >= 0.3 is 5.97 Å². The molecule has 0 saturated heterocycles. The summed E-state index contributed by atoms with van der Waals surface area (Å²) in [5.41, 5.74) is 0.962. The summed E-state index contributed by atoms with van der Waals surface area (Å²) >= 11 is 0. The lowest BCUT2D eigenvalue weighted by Gasteiger charge is -2.46. The number of nitrogens with one attached hydrogen (secondary N) is 1. The monoisotopic (exact) mass is 279 g/mol. The minimum atomic E-state index is -0.660. The highest BCUT2D eigenvalue weighted by molar-refractivity contribution is 5.71. The summed E-state index contributed by atoms with van der Waals surface area (Å²) in [5, 5.41) is 12.9. The van der Waals surface area contributed by atoms with Gasteiger partial charge in [-0.3, -0.25) is 4.79 Å². The molecule has 5 nitrogen and oxygen atoms in total. The maximum Gasteiger partial charge on any atom is 0.307 e. The molecule has 5 heteroatoms. The molecule has 1 aliphatic rings. The van der Waals surface area contributed by atoms with Gasteiger partial charge in [-0.05, 0) is 24.2 Å². The number of aliphatic carboxylic acids is 1. The zero-order valence-corrected chi connectivity index (χ0v) is 12.8. The highest BCUT2D eigenvalue weighted by Crippen LogP contribution is 2.45. The lowest BCUT2D eigenvalue weighted by Crippen LogP contribution is -2.50. The SMILES string of the molecule is CC1C(NCc2cncn2C)CCC(C(=O)O)C1(C)C. The van der Waals surface area contributed by atoms with Crippen LogP contribution in [0.25, 0.3) is 0 Å². The zero-order valence-electron chi connectivity index (χ0n) is 12.8. The molecule has 3 unspecified atom stereocenters. The van der Waals surface area contributed by atoms with Gasteiger partial charge in [0.1, 0.15) is 0 Å². The van der Waals surface area contributed by atoms with Crippen LogP contribution in [0.15, 0.2) is 12.5 Å². The number of carboxylic acids is 1. The fourth-order valence-electron chi connectivity index (χ4n) is 3.32. The van der Waals surface area contributed by atoms with Crippen LogP contribution in [0, 0.1) is 17.3 Å². The van der Waals surface area contributed by atoms with Gasteiger partial charge in [0.2, 0.25) is 0 Å². The lowest BCUT2D eigenvalue weighted by molar-refractivity contribution is -0.150. The van der Waals surface area contributed by atoms with Crippen molar-refractivity contribution >= 4 is 5.97 Å². The number of nitrogens with zero attached hydrogens (tertiary/aromatic N) is 2. The Bertz CT molecular complexity index is 481. The fraction of sp³-hybridized carbons (Fsp3) is 0.733. The summed E-state index contributed by atoms with van der Waals surface area (Å²) in [6.45, 7) is 7.10. The van der Waals surface area contributed by atoms with Crippen LogP contribution in [0.5, 0.6) is 0 Å². The third-order valence-electron chi connectivity index (χ3n) is 5.20. The molecule has 1 aliphatic carbocycles. The van der Waals surface area contributed by atoms with E-state index in [1.54, 1.807) is 6.33 Å². The molecule has 0 radical (unpaired) electrons. The second-order valence-corrected chi connectivity index (χ2v) is 6.56. The Balaban J connectivity index is 2.01. The van der Waals surface area contributed by atoms with E-state index in [-0.39, 0.29) is 11.3 Å². The normalized spacial score (nSPS) is 29.3. The summed E-state index contributed by atoms with van der Waals surface area (Å²) in [7, 11) is 1.98. The Hall–Kier alpha value is -1.36. The molecular formula is C15H25N3O2. The van der Waals surface area contributed by atoms with E-state index >= 15 is 0 Å². The first-order valence-corrected chi connectivity index (χ1v) is 7.25. The third-order valence-corrected chi connectivity index (χ3v) is 5.20. The average Bonchev–Trinajstić information content (AvgIpc) is 2.76. The number of hydrogen-bond donors (Lipinski definition) is 2. The standard InChI is InChI=1S/C15H25N3O2/c1-10-13(17-8-11-7-16-9-18(11)4)6-5-12(14(19)20)15(10,2)3/h7,9-10,12-13,17H,5-6,8H2,1-4H3,(H,19,20). The van der Waals surface area contributed by atoms with E-state index in [1.807, 2.05) is 17.8 Å². The third kappa shape index (κ3) is 2.73. The predicted molar refractivity (Wildman–Crippen MR) is 77.1 cm³/mol. The molecule has 0 aromatic carbocycles. The van der Waals surface area contributed by atoms with Crippen LogP contribution in [0.3, 0.4) is 0 Å². The smallest absolute Gasteiger partial charge is 0.307 e. The van der Waals surface area contributed by atoms with E-state index in [2.05, 4.69) is 31.1 Å². The molecule has 1 saturated carbocycles. The second kappa shape index (κ2) is 5.56. The first-order valence-electron chi connectivity index (χ1n) is 7.25. The molecule has 1 fully saturated rings. The van der Waals surface area contributed by atoms with E-state index in [9.17, 15) is 9.90 Å². The minimum absolute atomic E-state index is 0.186. The fourth-order valence-corrected chi connectivity index (χ4v) is 3.32. The molecule has 2 rings (SSSR count). The van der Waals surface area contributed by atoms with E-state index in [4.69, 9.17) is 0 Å². The van der Waals surface area contributed by atoms with Crippen molar-refractivity contribution in [2.24, 2.45) is 24.3 Å². The van der Waals surface area contributed by atoms with Crippen molar-refractivity contribution < 1.29 is 9.90 Å².